The van der Waals surface area contributed by atoms with Gasteiger partial charge in [-0.25, -0.2) is 4.52 Å². The van der Waals surface area contributed by atoms with Gasteiger partial charge in [0, 0.05) is 30.7 Å². The number of rotatable bonds is 3. The fraction of sp³-hybridized carbons (Fsp3) is 0.200. The van der Waals surface area contributed by atoms with Crippen molar-refractivity contribution < 1.29 is 13.9 Å². The van der Waals surface area contributed by atoms with E-state index in [9.17, 15) is 4.79 Å². The minimum atomic E-state index is -0.336. The molecule has 28 heavy (non-hydrogen) atoms. The lowest BCUT2D eigenvalue weighted by Gasteiger charge is -2.31. The zero-order chi connectivity index (χ0) is 18.9. The number of nitrogens with zero attached hydrogens (tertiary/aromatic N) is 5. The Balaban J connectivity index is 1.42. The molecule has 0 aliphatic carbocycles. The van der Waals surface area contributed by atoms with Gasteiger partial charge in [0.1, 0.15) is 11.8 Å². The van der Waals surface area contributed by atoms with Crippen LogP contribution in [-0.4, -0.2) is 50.3 Å². The number of furan rings is 1. The van der Waals surface area contributed by atoms with Crippen LogP contribution in [0.1, 0.15) is 22.4 Å². The molecule has 0 aromatic carbocycles. The topological polar surface area (TPSA) is 85.8 Å². The summed E-state index contributed by atoms with van der Waals surface area (Å²) in [6.07, 6.45) is 6.60. The second kappa shape index (κ2) is 6.90. The van der Waals surface area contributed by atoms with E-state index < -0.39 is 0 Å². The van der Waals surface area contributed by atoms with E-state index in [2.05, 4.69) is 15.3 Å². The van der Waals surface area contributed by atoms with Crippen LogP contribution in [0, 0.1) is 0 Å². The molecule has 0 radical (unpaired) electrons. The van der Waals surface area contributed by atoms with Crippen molar-refractivity contribution >= 4 is 11.4 Å². The highest BCUT2D eigenvalue weighted by Gasteiger charge is 2.30. The van der Waals surface area contributed by atoms with Crippen LogP contribution in [0.3, 0.4) is 0 Å². The maximum absolute atomic E-state index is 12.6. The fourth-order valence-electron chi connectivity index (χ4n) is 3.41. The molecule has 1 amide bonds. The van der Waals surface area contributed by atoms with Gasteiger partial charge in [-0.05, 0) is 35.9 Å². The summed E-state index contributed by atoms with van der Waals surface area (Å²) >= 11 is 0. The average molecular weight is 375 g/mol. The van der Waals surface area contributed by atoms with E-state index in [-0.39, 0.29) is 12.0 Å². The van der Waals surface area contributed by atoms with Crippen LogP contribution in [0.15, 0.2) is 65.7 Å². The van der Waals surface area contributed by atoms with Crippen LogP contribution < -0.4 is 0 Å². The molecule has 1 fully saturated rings. The summed E-state index contributed by atoms with van der Waals surface area (Å²) in [7, 11) is 0. The summed E-state index contributed by atoms with van der Waals surface area (Å²) in [6, 6.07) is 11.3. The lowest BCUT2D eigenvalue weighted by Crippen LogP contribution is -2.42. The smallest absolute Gasteiger partial charge is 0.289 e. The first-order chi connectivity index (χ1) is 13.8. The lowest BCUT2D eigenvalue weighted by molar-refractivity contribution is -0.0250. The first-order valence-corrected chi connectivity index (χ1v) is 8.99. The van der Waals surface area contributed by atoms with Gasteiger partial charge in [-0.2, -0.15) is 0 Å². The van der Waals surface area contributed by atoms with Gasteiger partial charge in [-0.3, -0.25) is 9.78 Å². The Morgan fingerprint density at radius 1 is 1.11 bits per heavy atom. The van der Waals surface area contributed by atoms with Crippen molar-refractivity contribution in [1.82, 2.24) is 24.7 Å². The molecule has 5 heterocycles. The number of morpholine rings is 1. The van der Waals surface area contributed by atoms with Gasteiger partial charge in [0.15, 0.2) is 5.76 Å². The number of pyridine rings is 2. The van der Waals surface area contributed by atoms with Crippen LogP contribution >= 0.6 is 0 Å². The number of hydrogen-bond donors (Lipinski definition) is 0. The summed E-state index contributed by atoms with van der Waals surface area (Å²) in [5.41, 5.74) is 3.65. The van der Waals surface area contributed by atoms with E-state index in [4.69, 9.17) is 9.15 Å². The number of carbonyl (C=O) groups excluding carboxylic acids is 1. The Morgan fingerprint density at radius 2 is 2.00 bits per heavy atom. The van der Waals surface area contributed by atoms with E-state index in [1.165, 1.54) is 6.26 Å². The third kappa shape index (κ3) is 2.93. The van der Waals surface area contributed by atoms with Gasteiger partial charge in [-0.15, -0.1) is 5.10 Å². The number of amides is 1. The molecule has 0 bridgehead atoms. The van der Waals surface area contributed by atoms with Gasteiger partial charge in [-0.1, -0.05) is 11.3 Å². The van der Waals surface area contributed by atoms with Crippen LogP contribution in [0.2, 0.25) is 0 Å². The molecule has 4 aromatic heterocycles. The molecule has 1 aliphatic rings. The van der Waals surface area contributed by atoms with E-state index >= 15 is 0 Å². The minimum Gasteiger partial charge on any atom is -0.459 e. The van der Waals surface area contributed by atoms with Crippen molar-refractivity contribution in [2.45, 2.75) is 6.10 Å². The average Bonchev–Trinajstić information content (AvgIpc) is 3.43. The molecule has 140 valence electrons. The lowest BCUT2D eigenvalue weighted by atomic mass is 10.1. The summed E-state index contributed by atoms with van der Waals surface area (Å²) in [4.78, 5) is 18.3. The van der Waals surface area contributed by atoms with Gasteiger partial charge < -0.3 is 14.1 Å². The number of carbonyl (C=O) groups is 1. The normalized spacial score (nSPS) is 17.1. The minimum absolute atomic E-state index is 0.144. The zero-order valence-electron chi connectivity index (χ0n) is 14.9. The quantitative estimate of drug-likeness (QED) is 0.547. The molecule has 5 rings (SSSR count). The molecule has 8 heteroatoms. The number of hydrogen-bond acceptors (Lipinski definition) is 6. The molecular weight excluding hydrogens is 358 g/mol. The number of fused-ring (bicyclic) bond motifs is 1. The summed E-state index contributed by atoms with van der Waals surface area (Å²) in [6.45, 7) is 1.35. The SMILES string of the molecule is O=C(c1ccco1)N1CCO[C@H](c2nnn3cc(-c4ccncc4)ccc23)C1. The summed E-state index contributed by atoms with van der Waals surface area (Å²) < 4.78 is 12.9. The van der Waals surface area contributed by atoms with Gasteiger partial charge in [0.05, 0.1) is 24.9 Å². The highest BCUT2D eigenvalue weighted by atomic mass is 16.5. The van der Waals surface area contributed by atoms with Crippen LogP contribution in [0.5, 0.6) is 0 Å². The molecular formula is C20H17N5O3. The maximum Gasteiger partial charge on any atom is 0.289 e. The highest BCUT2D eigenvalue weighted by Crippen LogP contribution is 2.27. The molecule has 0 unspecified atom stereocenters. The number of aromatic nitrogens is 4. The van der Waals surface area contributed by atoms with Gasteiger partial charge in [0.2, 0.25) is 0 Å². The molecule has 0 N–H and O–H groups in total. The monoisotopic (exact) mass is 375 g/mol. The van der Waals surface area contributed by atoms with Crippen LogP contribution in [0.25, 0.3) is 16.6 Å². The Kier molecular flexibility index (Phi) is 4.10. The van der Waals surface area contributed by atoms with E-state index in [1.807, 2.05) is 30.5 Å². The number of ether oxygens (including phenoxy) is 1. The van der Waals surface area contributed by atoms with Gasteiger partial charge >= 0.3 is 0 Å². The van der Waals surface area contributed by atoms with E-state index in [0.717, 1.165) is 22.3 Å². The van der Waals surface area contributed by atoms with Gasteiger partial charge in [0.25, 0.3) is 5.91 Å². The molecule has 4 aromatic rings. The van der Waals surface area contributed by atoms with Crippen LogP contribution in [-0.2, 0) is 4.74 Å². The summed E-state index contributed by atoms with van der Waals surface area (Å²) in [5, 5.41) is 8.57. The molecule has 0 spiro atoms. The first-order valence-electron chi connectivity index (χ1n) is 8.99. The molecule has 1 atom stereocenters. The molecule has 1 aliphatic heterocycles. The predicted octanol–water partition coefficient (Wildman–Crippen LogP) is 2.60. The largest absolute Gasteiger partial charge is 0.459 e. The van der Waals surface area contributed by atoms with Crippen molar-refractivity contribution in [2.75, 3.05) is 19.7 Å². The standard InChI is InChI=1S/C20H17N5O3/c26-20(17-2-1-10-27-17)24-9-11-28-18(13-24)19-16-4-3-15(12-25(16)23-22-19)14-5-7-21-8-6-14/h1-8,10,12,18H,9,11,13H2/t18-/m0/s1. The Hall–Kier alpha value is -3.52. The highest BCUT2D eigenvalue weighted by molar-refractivity contribution is 5.91. The van der Waals surface area contributed by atoms with Crippen molar-refractivity contribution in [3.05, 3.63) is 72.7 Å². The predicted molar refractivity (Wildman–Crippen MR) is 99.5 cm³/mol. The van der Waals surface area contributed by atoms with Crippen molar-refractivity contribution in [3.63, 3.8) is 0 Å². The maximum atomic E-state index is 12.6. The second-order valence-corrected chi connectivity index (χ2v) is 6.55. The van der Waals surface area contributed by atoms with Crippen molar-refractivity contribution in [2.24, 2.45) is 0 Å². The Bertz CT molecular complexity index is 1110. The Labute approximate surface area is 160 Å². The Morgan fingerprint density at radius 3 is 2.82 bits per heavy atom. The molecule has 8 nitrogen and oxygen atoms in total. The summed E-state index contributed by atoms with van der Waals surface area (Å²) in [5.74, 6) is 0.185. The fourth-order valence-corrected chi connectivity index (χ4v) is 3.41. The van der Waals surface area contributed by atoms with Crippen molar-refractivity contribution in [1.29, 1.82) is 0 Å². The first kappa shape index (κ1) is 16.6. The third-order valence-corrected chi connectivity index (χ3v) is 4.84. The molecule has 1 saturated heterocycles. The molecule has 0 saturated carbocycles. The zero-order valence-corrected chi connectivity index (χ0v) is 14.9. The van der Waals surface area contributed by atoms with E-state index in [1.54, 1.807) is 33.9 Å². The second-order valence-electron chi connectivity index (χ2n) is 6.55. The van der Waals surface area contributed by atoms with E-state index in [0.29, 0.717) is 25.5 Å². The van der Waals surface area contributed by atoms with Crippen LogP contribution in [0.4, 0.5) is 0 Å². The third-order valence-electron chi connectivity index (χ3n) is 4.84. The van der Waals surface area contributed by atoms with Crippen molar-refractivity contribution in [3.8, 4) is 11.1 Å².